The maximum absolute atomic E-state index is 5.56. The van der Waals surface area contributed by atoms with Crippen LogP contribution in [0.4, 0.5) is 5.69 Å². The normalized spacial score (nSPS) is 11.2. The van der Waals surface area contributed by atoms with E-state index >= 15 is 0 Å². The molecule has 0 radical (unpaired) electrons. The van der Waals surface area contributed by atoms with Crippen LogP contribution in [0.5, 0.6) is 17.2 Å². The lowest BCUT2D eigenvalue weighted by Crippen LogP contribution is -2.12. The molecule has 0 saturated heterocycles. The second-order valence-electron chi connectivity index (χ2n) is 3.12. The molecule has 5 nitrogen and oxygen atoms in total. The van der Waals surface area contributed by atoms with Gasteiger partial charge in [-0.05, 0) is 0 Å². The average molecular weight is 259 g/mol. The van der Waals surface area contributed by atoms with Crippen LogP contribution in [0.1, 0.15) is 0 Å². The van der Waals surface area contributed by atoms with Crippen LogP contribution in [-0.2, 0) is 0 Å². The van der Waals surface area contributed by atoms with Gasteiger partial charge >= 0.3 is 0 Å². The van der Waals surface area contributed by atoms with Crippen molar-refractivity contribution in [1.29, 1.82) is 0 Å². The number of methoxy groups -OCH3 is 3. The summed E-state index contributed by atoms with van der Waals surface area (Å²) in [7, 11) is 4.61. The van der Waals surface area contributed by atoms with Crippen LogP contribution in [0.25, 0.3) is 0 Å². The van der Waals surface area contributed by atoms with E-state index in [4.69, 9.17) is 31.5 Å². The molecule has 1 aromatic carbocycles. The first-order chi connectivity index (χ1) is 8.15. The third-order valence-corrected chi connectivity index (χ3v) is 2.33. The SMILES string of the molecule is COc1cc(N=C(N)CCl)cc(OC)c1OC. The van der Waals surface area contributed by atoms with Crippen LogP contribution >= 0.6 is 11.6 Å². The molecule has 94 valence electrons. The first-order valence-corrected chi connectivity index (χ1v) is 5.38. The molecule has 17 heavy (non-hydrogen) atoms. The minimum absolute atomic E-state index is 0.163. The van der Waals surface area contributed by atoms with Crippen LogP contribution in [0.3, 0.4) is 0 Å². The Labute approximate surface area is 105 Å². The highest BCUT2D eigenvalue weighted by molar-refractivity contribution is 6.28. The fraction of sp³-hybridized carbons (Fsp3) is 0.364. The smallest absolute Gasteiger partial charge is 0.203 e. The third-order valence-electron chi connectivity index (χ3n) is 2.06. The Hall–Kier alpha value is -1.62. The van der Waals surface area contributed by atoms with Crippen LogP contribution < -0.4 is 19.9 Å². The van der Waals surface area contributed by atoms with Gasteiger partial charge in [0.15, 0.2) is 11.5 Å². The zero-order valence-electron chi connectivity index (χ0n) is 9.99. The lowest BCUT2D eigenvalue weighted by molar-refractivity contribution is 0.324. The second kappa shape index (κ2) is 6.20. The van der Waals surface area contributed by atoms with Gasteiger partial charge in [0.25, 0.3) is 0 Å². The quantitative estimate of drug-likeness (QED) is 0.498. The molecule has 0 aliphatic rings. The van der Waals surface area contributed by atoms with Crippen molar-refractivity contribution >= 4 is 23.1 Å². The summed E-state index contributed by atoms with van der Waals surface area (Å²) in [6, 6.07) is 3.39. The standard InChI is InChI=1S/C11H15ClN2O3/c1-15-8-4-7(14-10(13)6-12)5-9(16-2)11(8)17-3/h4-5H,6H2,1-3H3,(H2,13,14). The van der Waals surface area contributed by atoms with E-state index in [9.17, 15) is 0 Å². The molecule has 0 fully saturated rings. The maximum Gasteiger partial charge on any atom is 0.203 e. The monoisotopic (exact) mass is 258 g/mol. The summed E-state index contributed by atoms with van der Waals surface area (Å²) in [5, 5.41) is 0. The molecule has 0 heterocycles. The highest BCUT2D eigenvalue weighted by Gasteiger charge is 2.12. The molecular formula is C11H15ClN2O3. The Kier molecular flexibility index (Phi) is 4.90. The number of amidine groups is 1. The Morgan fingerprint density at radius 3 is 2.06 bits per heavy atom. The summed E-state index contributed by atoms with van der Waals surface area (Å²) in [5.41, 5.74) is 6.16. The van der Waals surface area contributed by atoms with E-state index in [2.05, 4.69) is 4.99 Å². The topological polar surface area (TPSA) is 66.1 Å². The van der Waals surface area contributed by atoms with Gasteiger partial charge in [-0.1, -0.05) is 0 Å². The van der Waals surface area contributed by atoms with Crippen molar-refractivity contribution in [3.63, 3.8) is 0 Å². The minimum atomic E-state index is 0.163. The van der Waals surface area contributed by atoms with Crippen LogP contribution in [0.15, 0.2) is 17.1 Å². The number of alkyl halides is 1. The molecule has 6 heteroatoms. The first kappa shape index (κ1) is 13.4. The van der Waals surface area contributed by atoms with Gasteiger partial charge in [0.2, 0.25) is 5.75 Å². The largest absolute Gasteiger partial charge is 0.493 e. The number of halogens is 1. The number of nitrogens with zero attached hydrogens (tertiary/aromatic N) is 1. The van der Waals surface area contributed by atoms with Crippen molar-refractivity contribution in [3.8, 4) is 17.2 Å². The third kappa shape index (κ3) is 3.17. The number of ether oxygens (including phenoxy) is 3. The molecule has 0 saturated carbocycles. The predicted molar refractivity (Wildman–Crippen MR) is 68.1 cm³/mol. The van der Waals surface area contributed by atoms with Crippen molar-refractivity contribution < 1.29 is 14.2 Å². The molecule has 1 aromatic rings. The van der Waals surface area contributed by atoms with Crippen molar-refractivity contribution in [2.45, 2.75) is 0 Å². The van der Waals surface area contributed by atoms with E-state index in [0.29, 0.717) is 28.8 Å². The molecular weight excluding hydrogens is 244 g/mol. The van der Waals surface area contributed by atoms with Gasteiger partial charge < -0.3 is 19.9 Å². The second-order valence-corrected chi connectivity index (χ2v) is 3.39. The summed E-state index contributed by atoms with van der Waals surface area (Å²) in [4.78, 5) is 4.12. The van der Waals surface area contributed by atoms with Crippen molar-refractivity contribution in [1.82, 2.24) is 0 Å². The fourth-order valence-electron chi connectivity index (χ4n) is 1.33. The highest BCUT2D eigenvalue weighted by atomic mass is 35.5. The van der Waals surface area contributed by atoms with Crippen molar-refractivity contribution in [3.05, 3.63) is 12.1 Å². The average Bonchev–Trinajstić information content (AvgIpc) is 2.37. The summed E-state index contributed by atoms with van der Waals surface area (Å²) in [5.74, 6) is 2.04. The maximum atomic E-state index is 5.56. The van der Waals surface area contributed by atoms with E-state index in [-0.39, 0.29) is 5.88 Å². The van der Waals surface area contributed by atoms with Gasteiger partial charge in [0.05, 0.1) is 32.9 Å². The minimum Gasteiger partial charge on any atom is -0.493 e. The van der Waals surface area contributed by atoms with Crippen LogP contribution in [0.2, 0.25) is 0 Å². The van der Waals surface area contributed by atoms with E-state index in [1.807, 2.05) is 0 Å². The summed E-state index contributed by atoms with van der Waals surface area (Å²) < 4.78 is 15.6. The number of hydrogen-bond donors (Lipinski definition) is 1. The Morgan fingerprint density at radius 1 is 1.18 bits per heavy atom. The lowest BCUT2D eigenvalue weighted by Gasteiger charge is -2.12. The van der Waals surface area contributed by atoms with E-state index < -0.39 is 0 Å². The molecule has 0 aliphatic heterocycles. The van der Waals surface area contributed by atoms with E-state index in [0.717, 1.165) is 0 Å². The first-order valence-electron chi connectivity index (χ1n) is 4.85. The van der Waals surface area contributed by atoms with Gasteiger partial charge in [-0.15, -0.1) is 11.6 Å². The fourth-order valence-corrected chi connectivity index (χ4v) is 1.39. The zero-order chi connectivity index (χ0) is 12.8. The van der Waals surface area contributed by atoms with E-state index in [1.54, 1.807) is 12.1 Å². The molecule has 0 amide bonds. The van der Waals surface area contributed by atoms with Crippen molar-refractivity contribution in [2.75, 3.05) is 27.2 Å². The van der Waals surface area contributed by atoms with Crippen LogP contribution in [0, 0.1) is 0 Å². The Bertz CT molecular complexity index is 396. The number of nitrogens with two attached hydrogens (primary N) is 1. The predicted octanol–water partition coefficient (Wildman–Crippen LogP) is 1.94. The Balaban J connectivity index is 3.27. The summed E-state index contributed by atoms with van der Waals surface area (Å²) in [6.07, 6.45) is 0. The molecule has 0 bridgehead atoms. The van der Waals surface area contributed by atoms with Gasteiger partial charge in [0, 0.05) is 12.1 Å². The summed E-state index contributed by atoms with van der Waals surface area (Å²) >= 11 is 5.56. The molecule has 0 unspecified atom stereocenters. The molecule has 1 rings (SSSR count). The molecule has 2 N–H and O–H groups in total. The molecule has 0 aromatic heterocycles. The van der Waals surface area contributed by atoms with E-state index in [1.165, 1.54) is 21.3 Å². The zero-order valence-corrected chi connectivity index (χ0v) is 10.7. The van der Waals surface area contributed by atoms with Crippen LogP contribution in [-0.4, -0.2) is 33.0 Å². The number of rotatable bonds is 5. The molecule has 0 spiro atoms. The number of aliphatic imine (C=N–C) groups is 1. The Morgan fingerprint density at radius 2 is 1.71 bits per heavy atom. The number of hydrogen-bond acceptors (Lipinski definition) is 4. The lowest BCUT2D eigenvalue weighted by atomic mass is 10.2. The number of benzene rings is 1. The van der Waals surface area contributed by atoms with Crippen molar-refractivity contribution in [2.24, 2.45) is 10.7 Å². The summed E-state index contributed by atoms with van der Waals surface area (Å²) in [6.45, 7) is 0. The highest BCUT2D eigenvalue weighted by Crippen LogP contribution is 2.40. The van der Waals surface area contributed by atoms with Gasteiger partial charge in [-0.25, -0.2) is 4.99 Å². The van der Waals surface area contributed by atoms with Gasteiger partial charge in [-0.2, -0.15) is 0 Å². The van der Waals surface area contributed by atoms with Gasteiger partial charge in [-0.3, -0.25) is 0 Å². The molecule has 0 aliphatic carbocycles. The molecule has 0 atom stereocenters. The van der Waals surface area contributed by atoms with Gasteiger partial charge in [0.1, 0.15) is 5.84 Å².